The van der Waals surface area contributed by atoms with Crippen LogP contribution in [0.15, 0.2) is 39.5 Å². The maximum atomic E-state index is 12.8. The van der Waals surface area contributed by atoms with E-state index in [1.54, 1.807) is 13.0 Å². The van der Waals surface area contributed by atoms with Gasteiger partial charge in [-0.25, -0.2) is 0 Å². The fourth-order valence-electron chi connectivity index (χ4n) is 2.70. The van der Waals surface area contributed by atoms with Crippen LogP contribution >= 0.6 is 0 Å². The Kier molecular flexibility index (Phi) is 4.62. The second kappa shape index (κ2) is 6.87. The third-order valence-electron chi connectivity index (χ3n) is 3.86. The first-order valence-electron chi connectivity index (χ1n) is 7.88. The molecule has 0 atom stereocenters. The summed E-state index contributed by atoms with van der Waals surface area (Å²) < 4.78 is 21.6. The van der Waals surface area contributed by atoms with Gasteiger partial charge in [0.2, 0.25) is 11.2 Å². The van der Waals surface area contributed by atoms with Crippen LogP contribution < -0.4 is 19.6 Å². The van der Waals surface area contributed by atoms with Crippen molar-refractivity contribution in [3.05, 3.63) is 40.6 Å². The van der Waals surface area contributed by atoms with Gasteiger partial charge in [-0.15, -0.1) is 0 Å². The third kappa shape index (κ3) is 2.88. The predicted octanol–water partition coefficient (Wildman–Crippen LogP) is 3.29. The molecule has 0 bridgehead atoms. The Balaban J connectivity index is 2.33. The summed E-state index contributed by atoms with van der Waals surface area (Å²) in [5.41, 5.74) is 0.106. The zero-order chi connectivity index (χ0) is 18.8. The maximum absolute atomic E-state index is 12.8. The topological polar surface area (TPSA) is 98.4 Å². The van der Waals surface area contributed by atoms with Gasteiger partial charge in [0.15, 0.2) is 17.3 Å². The van der Waals surface area contributed by atoms with Crippen LogP contribution in [0.3, 0.4) is 0 Å². The van der Waals surface area contributed by atoms with Crippen molar-refractivity contribution in [3.63, 3.8) is 0 Å². The number of ether oxygens (including phenoxy) is 3. The van der Waals surface area contributed by atoms with E-state index in [-0.39, 0.29) is 39.7 Å². The highest BCUT2D eigenvalue weighted by atomic mass is 16.5. The summed E-state index contributed by atoms with van der Waals surface area (Å²) in [6.45, 7) is 2.20. The molecular formula is C19H18O7. The van der Waals surface area contributed by atoms with Crippen LogP contribution in [0.5, 0.6) is 28.7 Å². The van der Waals surface area contributed by atoms with E-state index in [1.165, 1.54) is 38.5 Å². The predicted molar refractivity (Wildman–Crippen MR) is 95.5 cm³/mol. The molecule has 2 aromatic carbocycles. The second-order valence-electron chi connectivity index (χ2n) is 5.43. The van der Waals surface area contributed by atoms with Crippen LogP contribution in [0, 0.1) is 0 Å². The Morgan fingerprint density at radius 2 is 1.81 bits per heavy atom. The summed E-state index contributed by atoms with van der Waals surface area (Å²) in [4.78, 5) is 12.8. The van der Waals surface area contributed by atoms with Gasteiger partial charge in [-0.05, 0) is 25.1 Å². The van der Waals surface area contributed by atoms with E-state index in [0.717, 1.165) is 0 Å². The van der Waals surface area contributed by atoms with Crippen molar-refractivity contribution < 1.29 is 28.8 Å². The smallest absolute Gasteiger partial charge is 0.239 e. The van der Waals surface area contributed by atoms with E-state index in [4.69, 9.17) is 18.6 Å². The number of hydrogen-bond acceptors (Lipinski definition) is 7. The average Bonchev–Trinajstić information content (AvgIpc) is 2.61. The van der Waals surface area contributed by atoms with Gasteiger partial charge >= 0.3 is 0 Å². The standard InChI is InChI=1S/C19H18O7/c1-4-25-11-8-13(21)16-15(9-11)26-18(19(24-3)17(16)22)10-5-6-12(20)14(7-10)23-2/h5-9,20-21H,4H2,1-3H3. The number of benzene rings is 2. The largest absolute Gasteiger partial charge is 0.507 e. The molecule has 0 aliphatic heterocycles. The SMILES string of the molecule is CCOc1cc(O)c2c(=O)c(OC)c(-c3ccc(O)c(OC)c3)oc2c1. The summed E-state index contributed by atoms with van der Waals surface area (Å²) >= 11 is 0. The molecule has 0 saturated carbocycles. The molecule has 3 rings (SSSR count). The number of aromatic hydroxyl groups is 2. The van der Waals surface area contributed by atoms with Crippen molar-refractivity contribution in [1.82, 2.24) is 0 Å². The minimum atomic E-state index is -0.517. The average molecular weight is 358 g/mol. The van der Waals surface area contributed by atoms with E-state index < -0.39 is 5.43 Å². The van der Waals surface area contributed by atoms with Gasteiger partial charge in [0.1, 0.15) is 22.5 Å². The lowest BCUT2D eigenvalue weighted by Crippen LogP contribution is -2.08. The van der Waals surface area contributed by atoms with Crippen molar-refractivity contribution in [2.24, 2.45) is 0 Å². The molecule has 136 valence electrons. The number of fused-ring (bicyclic) bond motifs is 1. The fourth-order valence-corrected chi connectivity index (χ4v) is 2.70. The highest BCUT2D eigenvalue weighted by Gasteiger charge is 2.21. The first kappa shape index (κ1) is 17.5. The van der Waals surface area contributed by atoms with Crippen molar-refractivity contribution in [1.29, 1.82) is 0 Å². The van der Waals surface area contributed by atoms with Crippen molar-refractivity contribution in [2.45, 2.75) is 6.92 Å². The van der Waals surface area contributed by atoms with Gasteiger partial charge in [0.25, 0.3) is 0 Å². The number of hydrogen-bond donors (Lipinski definition) is 2. The lowest BCUT2D eigenvalue weighted by atomic mass is 10.1. The van der Waals surface area contributed by atoms with E-state index >= 15 is 0 Å². The molecular weight excluding hydrogens is 340 g/mol. The molecule has 0 unspecified atom stereocenters. The van der Waals surface area contributed by atoms with Crippen molar-refractivity contribution in [3.8, 4) is 40.1 Å². The van der Waals surface area contributed by atoms with Crippen LogP contribution in [-0.2, 0) is 0 Å². The summed E-state index contributed by atoms with van der Waals surface area (Å²) in [5.74, 6) is 0.377. The van der Waals surface area contributed by atoms with Crippen LogP contribution in [0.25, 0.3) is 22.3 Å². The van der Waals surface area contributed by atoms with Crippen LogP contribution in [0.4, 0.5) is 0 Å². The lowest BCUT2D eigenvalue weighted by molar-refractivity contribution is 0.337. The summed E-state index contributed by atoms with van der Waals surface area (Å²) in [5, 5.41) is 20.0. The van der Waals surface area contributed by atoms with Gasteiger partial charge in [-0.3, -0.25) is 4.79 Å². The minimum Gasteiger partial charge on any atom is -0.507 e. The molecule has 0 amide bonds. The molecule has 1 aromatic heterocycles. The van der Waals surface area contributed by atoms with E-state index in [9.17, 15) is 15.0 Å². The molecule has 0 saturated heterocycles. The van der Waals surface area contributed by atoms with Crippen LogP contribution in [0.1, 0.15) is 6.92 Å². The van der Waals surface area contributed by atoms with E-state index in [2.05, 4.69) is 0 Å². The molecule has 26 heavy (non-hydrogen) atoms. The minimum absolute atomic E-state index is 0.000189. The van der Waals surface area contributed by atoms with Gasteiger partial charge in [0.05, 0.1) is 20.8 Å². The van der Waals surface area contributed by atoms with E-state index in [0.29, 0.717) is 17.9 Å². The molecule has 0 fully saturated rings. The summed E-state index contributed by atoms with van der Waals surface area (Å²) in [6.07, 6.45) is 0. The third-order valence-corrected chi connectivity index (χ3v) is 3.86. The Labute approximate surface area is 149 Å². The number of phenolic OH excluding ortho intramolecular Hbond substituents is 2. The Hall–Kier alpha value is -3.35. The highest BCUT2D eigenvalue weighted by molar-refractivity contribution is 5.88. The first-order valence-corrected chi connectivity index (χ1v) is 7.88. The molecule has 0 spiro atoms. The monoisotopic (exact) mass is 358 g/mol. The second-order valence-corrected chi connectivity index (χ2v) is 5.43. The normalized spacial score (nSPS) is 10.7. The highest BCUT2D eigenvalue weighted by Crippen LogP contribution is 2.38. The molecule has 0 aliphatic rings. The zero-order valence-corrected chi connectivity index (χ0v) is 14.5. The van der Waals surface area contributed by atoms with Gasteiger partial charge < -0.3 is 28.8 Å². The number of phenols is 2. The Morgan fingerprint density at radius 3 is 2.46 bits per heavy atom. The number of methoxy groups -OCH3 is 2. The molecule has 7 heteroatoms. The molecule has 0 radical (unpaired) electrons. The molecule has 2 N–H and O–H groups in total. The molecule has 0 aliphatic carbocycles. The molecule has 3 aromatic rings. The van der Waals surface area contributed by atoms with Crippen molar-refractivity contribution in [2.75, 3.05) is 20.8 Å². The summed E-state index contributed by atoms with van der Waals surface area (Å²) in [7, 11) is 2.75. The Morgan fingerprint density at radius 1 is 1.04 bits per heavy atom. The molecule has 7 nitrogen and oxygen atoms in total. The van der Waals surface area contributed by atoms with Crippen LogP contribution in [0.2, 0.25) is 0 Å². The van der Waals surface area contributed by atoms with Gasteiger partial charge in [-0.1, -0.05) is 0 Å². The Bertz CT molecular complexity index is 1020. The fraction of sp³-hybridized carbons (Fsp3) is 0.211. The van der Waals surface area contributed by atoms with Crippen LogP contribution in [-0.4, -0.2) is 31.0 Å². The van der Waals surface area contributed by atoms with Gasteiger partial charge in [0, 0.05) is 17.7 Å². The maximum Gasteiger partial charge on any atom is 0.239 e. The quantitative estimate of drug-likeness (QED) is 0.722. The first-order chi connectivity index (χ1) is 12.5. The lowest BCUT2D eigenvalue weighted by Gasteiger charge is -2.12. The zero-order valence-electron chi connectivity index (χ0n) is 14.5. The molecule has 1 heterocycles. The van der Waals surface area contributed by atoms with Gasteiger partial charge in [-0.2, -0.15) is 0 Å². The summed E-state index contributed by atoms with van der Waals surface area (Å²) in [6, 6.07) is 7.39. The van der Waals surface area contributed by atoms with Crippen molar-refractivity contribution >= 4 is 11.0 Å². The number of rotatable bonds is 5. The van der Waals surface area contributed by atoms with E-state index in [1.807, 2.05) is 0 Å².